The minimum atomic E-state index is -0.661. The van der Waals surface area contributed by atoms with E-state index in [9.17, 15) is 4.79 Å². The van der Waals surface area contributed by atoms with Crippen LogP contribution in [0.25, 0.3) is 0 Å². The maximum atomic E-state index is 10.4. The molecule has 0 heterocycles. The summed E-state index contributed by atoms with van der Waals surface area (Å²) < 4.78 is 1.26. The molecule has 0 bridgehead atoms. The molecule has 1 aliphatic rings. The summed E-state index contributed by atoms with van der Waals surface area (Å²) in [6.07, 6.45) is 13.5. The summed E-state index contributed by atoms with van der Waals surface area (Å²) >= 11 is 3.53. The number of allylic oxidation sites excluding steroid dienone is 4. The number of halogens is 1. The molecule has 3 heteroatoms. The molecule has 2 nitrogen and oxygen atoms in total. The largest absolute Gasteiger partial charge is 0.481 e. The lowest BCUT2D eigenvalue weighted by Crippen LogP contribution is -1.95. The van der Waals surface area contributed by atoms with Crippen LogP contribution in [-0.4, -0.2) is 11.1 Å². The standard InChI is InChI=1S/C15H23BrO2/c1-2-6-14(16)8-5-3-4-7-12-11-13(12)9-10-15(17)18/h3,5,8,12-13H,2,4,6-7,9-11H2,1H3,(H,17,18)/t12-,13-/m0/s1. The molecule has 102 valence electrons. The van der Waals surface area contributed by atoms with Gasteiger partial charge in [-0.2, -0.15) is 0 Å². The van der Waals surface area contributed by atoms with Crippen molar-refractivity contribution >= 4 is 21.9 Å². The van der Waals surface area contributed by atoms with Crippen molar-refractivity contribution in [1.82, 2.24) is 0 Å². The van der Waals surface area contributed by atoms with Gasteiger partial charge in [-0.3, -0.25) is 4.79 Å². The smallest absolute Gasteiger partial charge is 0.303 e. The van der Waals surface area contributed by atoms with Gasteiger partial charge in [0.05, 0.1) is 0 Å². The van der Waals surface area contributed by atoms with Crippen molar-refractivity contribution in [3.05, 3.63) is 22.7 Å². The zero-order valence-corrected chi connectivity index (χ0v) is 12.7. The molecule has 0 aromatic rings. The van der Waals surface area contributed by atoms with Gasteiger partial charge in [-0.15, -0.1) is 0 Å². The first-order chi connectivity index (χ1) is 8.63. The van der Waals surface area contributed by atoms with Crippen molar-refractivity contribution in [2.75, 3.05) is 0 Å². The molecule has 18 heavy (non-hydrogen) atoms. The number of carboxylic acids is 1. The number of hydrogen-bond donors (Lipinski definition) is 1. The third-order valence-electron chi connectivity index (χ3n) is 3.40. The van der Waals surface area contributed by atoms with E-state index in [0.717, 1.165) is 31.6 Å². The van der Waals surface area contributed by atoms with E-state index >= 15 is 0 Å². The van der Waals surface area contributed by atoms with Crippen molar-refractivity contribution in [2.45, 2.75) is 51.9 Å². The van der Waals surface area contributed by atoms with E-state index in [4.69, 9.17) is 5.11 Å². The van der Waals surface area contributed by atoms with Gasteiger partial charge in [0.1, 0.15) is 0 Å². The van der Waals surface area contributed by atoms with Crippen molar-refractivity contribution in [2.24, 2.45) is 11.8 Å². The molecule has 1 aliphatic carbocycles. The average Bonchev–Trinajstić information content (AvgIpc) is 3.05. The van der Waals surface area contributed by atoms with Gasteiger partial charge in [-0.1, -0.05) is 47.5 Å². The van der Waals surface area contributed by atoms with Gasteiger partial charge in [-0.25, -0.2) is 0 Å². The highest BCUT2D eigenvalue weighted by Crippen LogP contribution is 2.45. The van der Waals surface area contributed by atoms with E-state index in [2.05, 4.69) is 41.1 Å². The van der Waals surface area contributed by atoms with E-state index < -0.39 is 5.97 Å². The van der Waals surface area contributed by atoms with Crippen LogP contribution in [0.1, 0.15) is 51.9 Å². The first-order valence-corrected chi connectivity index (χ1v) is 7.65. The molecule has 1 rings (SSSR count). The zero-order chi connectivity index (χ0) is 13.4. The molecule has 2 atom stereocenters. The fraction of sp³-hybridized carbons (Fsp3) is 0.667. The Labute approximate surface area is 118 Å². The van der Waals surface area contributed by atoms with Gasteiger partial charge >= 0.3 is 5.97 Å². The second kappa shape index (κ2) is 8.52. The monoisotopic (exact) mass is 314 g/mol. The Morgan fingerprint density at radius 2 is 2.06 bits per heavy atom. The third kappa shape index (κ3) is 7.00. The van der Waals surface area contributed by atoms with Crippen LogP contribution in [0.2, 0.25) is 0 Å². The van der Waals surface area contributed by atoms with Gasteiger partial charge in [0.2, 0.25) is 0 Å². The highest BCUT2D eigenvalue weighted by molar-refractivity contribution is 9.11. The first kappa shape index (κ1) is 15.5. The zero-order valence-electron chi connectivity index (χ0n) is 11.1. The fourth-order valence-corrected chi connectivity index (χ4v) is 2.78. The summed E-state index contributed by atoms with van der Waals surface area (Å²) in [4.78, 5) is 10.4. The van der Waals surface area contributed by atoms with E-state index in [-0.39, 0.29) is 0 Å². The molecule has 1 fully saturated rings. The molecule has 0 aromatic carbocycles. The summed E-state index contributed by atoms with van der Waals surface area (Å²) in [5.74, 6) is 0.792. The fourth-order valence-electron chi connectivity index (χ4n) is 2.23. The van der Waals surface area contributed by atoms with Crippen LogP contribution in [0.5, 0.6) is 0 Å². The summed E-state index contributed by atoms with van der Waals surface area (Å²) in [5, 5.41) is 8.60. The molecule has 0 unspecified atom stereocenters. The topological polar surface area (TPSA) is 37.3 Å². The molecule has 1 saturated carbocycles. The second-order valence-corrected chi connectivity index (χ2v) is 6.08. The third-order valence-corrected chi connectivity index (χ3v) is 4.06. The van der Waals surface area contributed by atoms with Gasteiger partial charge in [0.25, 0.3) is 0 Å². The Balaban J connectivity index is 2.04. The molecular weight excluding hydrogens is 292 g/mol. The van der Waals surface area contributed by atoms with Crippen molar-refractivity contribution in [3.63, 3.8) is 0 Å². The number of hydrogen-bond acceptors (Lipinski definition) is 1. The molecular formula is C15H23BrO2. The highest BCUT2D eigenvalue weighted by atomic mass is 79.9. The maximum absolute atomic E-state index is 10.4. The molecule has 1 N–H and O–H groups in total. The SMILES string of the molecule is CCCC(Br)=CC=CCC[C@H]1C[C@@H]1CCC(=O)O. The predicted octanol–water partition coefficient (Wildman–Crippen LogP) is 4.90. The van der Waals surface area contributed by atoms with Crippen molar-refractivity contribution in [3.8, 4) is 0 Å². The Kier molecular flexibility index (Phi) is 7.33. The summed E-state index contributed by atoms with van der Waals surface area (Å²) in [6, 6.07) is 0. The van der Waals surface area contributed by atoms with Crippen LogP contribution in [0.15, 0.2) is 22.7 Å². The minimum absolute atomic E-state index is 0.337. The molecule has 0 saturated heterocycles. The number of carboxylic acid groups (broad SMARTS) is 1. The Hall–Kier alpha value is -0.570. The van der Waals surface area contributed by atoms with Gasteiger partial charge in [0.15, 0.2) is 0 Å². The van der Waals surface area contributed by atoms with Crippen LogP contribution in [-0.2, 0) is 4.79 Å². The Morgan fingerprint density at radius 3 is 2.72 bits per heavy atom. The maximum Gasteiger partial charge on any atom is 0.303 e. The first-order valence-electron chi connectivity index (χ1n) is 6.86. The van der Waals surface area contributed by atoms with Gasteiger partial charge < -0.3 is 5.11 Å². The van der Waals surface area contributed by atoms with Crippen molar-refractivity contribution in [1.29, 1.82) is 0 Å². The summed E-state index contributed by atoms with van der Waals surface area (Å²) in [5.41, 5.74) is 0. The molecule has 0 spiro atoms. The normalized spacial score (nSPS) is 23.6. The van der Waals surface area contributed by atoms with Crippen LogP contribution in [0.3, 0.4) is 0 Å². The molecule has 0 aromatic heterocycles. The Bertz CT molecular complexity index is 320. The van der Waals surface area contributed by atoms with Gasteiger partial charge in [-0.05, 0) is 48.4 Å². The summed E-state index contributed by atoms with van der Waals surface area (Å²) in [6.45, 7) is 2.17. The van der Waals surface area contributed by atoms with E-state index in [1.54, 1.807) is 0 Å². The Morgan fingerprint density at radius 1 is 1.33 bits per heavy atom. The molecule has 0 amide bonds. The predicted molar refractivity (Wildman–Crippen MR) is 78.8 cm³/mol. The van der Waals surface area contributed by atoms with Crippen LogP contribution < -0.4 is 0 Å². The lowest BCUT2D eigenvalue weighted by atomic mass is 10.1. The highest BCUT2D eigenvalue weighted by Gasteiger charge is 2.35. The minimum Gasteiger partial charge on any atom is -0.481 e. The lowest BCUT2D eigenvalue weighted by molar-refractivity contribution is -0.137. The van der Waals surface area contributed by atoms with Crippen molar-refractivity contribution < 1.29 is 9.90 Å². The molecule has 0 radical (unpaired) electrons. The quantitative estimate of drug-likeness (QED) is 0.614. The number of rotatable bonds is 9. The molecule has 0 aliphatic heterocycles. The van der Waals surface area contributed by atoms with Crippen LogP contribution >= 0.6 is 15.9 Å². The lowest BCUT2D eigenvalue weighted by Gasteiger charge is -1.96. The van der Waals surface area contributed by atoms with E-state index in [1.165, 1.54) is 17.3 Å². The number of carbonyl (C=O) groups is 1. The van der Waals surface area contributed by atoms with Crippen LogP contribution in [0, 0.1) is 11.8 Å². The van der Waals surface area contributed by atoms with E-state index in [0.29, 0.717) is 12.3 Å². The van der Waals surface area contributed by atoms with E-state index in [1.807, 2.05) is 0 Å². The second-order valence-electron chi connectivity index (χ2n) is 5.06. The van der Waals surface area contributed by atoms with Crippen LogP contribution in [0.4, 0.5) is 0 Å². The number of aliphatic carboxylic acids is 1. The average molecular weight is 315 g/mol. The summed E-state index contributed by atoms with van der Waals surface area (Å²) in [7, 11) is 0. The van der Waals surface area contributed by atoms with Gasteiger partial charge in [0, 0.05) is 6.42 Å².